The standard InChI is InChI=1S/C28H26FN3O5S/c1-17-13-21(36-16-18-7-5-4-6-8-18)15-32(38(3,34)35)26-22(17)14-23-24(27(33)30-2)25(37-28(23)31-26)19-9-11-20(29)12-10-19/h4-14,21H,15-16H2,1-3H3,(H,30,33)/t21-/m0/s1. The van der Waals surface area contributed by atoms with Gasteiger partial charge in [-0.3, -0.25) is 9.10 Å². The fourth-order valence-electron chi connectivity index (χ4n) is 4.49. The second kappa shape index (κ2) is 10.0. The second-order valence-electron chi connectivity index (χ2n) is 9.08. The molecular weight excluding hydrogens is 509 g/mol. The Morgan fingerprint density at radius 3 is 2.55 bits per heavy atom. The molecule has 0 aliphatic carbocycles. The van der Waals surface area contributed by atoms with Crippen molar-refractivity contribution in [3.63, 3.8) is 0 Å². The number of fused-ring (bicyclic) bond motifs is 2. The number of sulfonamides is 1. The van der Waals surface area contributed by atoms with Gasteiger partial charge in [0.1, 0.15) is 11.6 Å². The quantitative estimate of drug-likeness (QED) is 0.382. The minimum absolute atomic E-state index is 0.0162. The van der Waals surface area contributed by atoms with E-state index in [-0.39, 0.29) is 29.4 Å². The number of aromatic nitrogens is 1. The number of rotatable bonds is 6. The van der Waals surface area contributed by atoms with Gasteiger partial charge in [0.2, 0.25) is 15.7 Å². The average molecular weight is 536 g/mol. The van der Waals surface area contributed by atoms with Gasteiger partial charge in [0.05, 0.1) is 36.5 Å². The molecule has 196 valence electrons. The lowest BCUT2D eigenvalue weighted by atomic mass is 10.0. The number of pyridine rings is 1. The van der Waals surface area contributed by atoms with Crippen LogP contribution < -0.4 is 9.62 Å². The molecule has 0 saturated carbocycles. The van der Waals surface area contributed by atoms with Gasteiger partial charge in [-0.05, 0) is 48.4 Å². The maximum Gasteiger partial charge on any atom is 0.255 e. The molecule has 10 heteroatoms. The van der Waals surface area contributed by atoms with Gasteiger partial charge in [0.25, 0.3) is 5.91 Å². The molecule has 0 bridgehead atoms. The summed E-state index contributed by atoms with van der Waals surface area (Å²) >= 11 is 0. The molecule has 1 N–H and O–H groups in total. The summed E-state index contributed by atoms with van der Waals surface area (Å²) < 4.78 is 52.7. The monoisotopic (exact) mass is 535 g/mol. The molecule has 5 rings (SSSR count). The van der Waals surface area contributed by atoms with E-state index in [0.29, 0.717) is 23.1 Å². The zero-order chi connectivity index (χ0) is 27.0. The fraction of sp³-hybridized carbons (Fsp3) is 0.214. The minimum atomic E-state index is -3.76. The summed E-state index contributed by atoms with van der Waals surface area (Å²) in [7, 11) is -2.26. The number of nitrogens with zero attached hydrogens (tertiary/aromatic N) is 2. The topological polar surface area (TPSA) is 102 Å². The van der Waals surface area contributed by atoms with Crippen molar-refractivity contribution in [1.29, 1.82) is 0 Å². The normalized spacial score (nSPS) is 15.6. The van der Waals surface area contributed by atoms with Crippen molar-refractivity contribution >= 4 is 38.4 Å². The SMILES string of the molecule is CNC(=O)c1c(-c2ccc(F)cc2)oc2nc3c(cc12)C(C)=C[C@H](OCc1ccccc1)CN3S(C)(=O)=O. The molecule has 8 nitrogen and oxygen atoms in total. The average Bonchev–Trinajstić information content (AvgIpc) is 3.20. The van der Waals surface area contributed by atoms with E-state index in [2.05, 4.69) is 10.3 Å². The van der Waals surface area contributed by atoms with E-state index in [0.717, 1.165) is 17.4 Å². The van der Waals surface area contributed by atoms with Crippen LogP contribution in [0, 0.1) is 5.82 Å². The first-order valence-corrected chi connectivity index (χ1v) is 13.8. The first kappa shape index (κ1) is 25.6. The predicted molar refractivity (Wildman–Crippen MR) is 144 cm³/mol. The van der Waals surface area contributed by atoms with E-state index < -0.39 is 27.9 Å². The summed E-state index contributed by atoms with van der Waals surface area (Å²) in [4.78, 5) is 17.5. The molecule has 2 aromatic carbocycles. The molecule has 2 aromatic heterocycles. The van der Waals surface area contributed by atoms with Gasteiger partial charge in [0.15, 0.2) is 5.82 Å². The number of hydrogen-bond donors (Lipinski definition) is 1. The summed E-state index contributed by atoms with van der Waals surface area (Å²) in [6.07, 6.45) is 2.43. The molecule has 0 radical (unpaired) electrons. The van der Waals surface area contributed by atoms with Gasteiger partial charge < -0.3 is 14.5 Å². The van der Waals surface area contributed by atoms with Crippen LogP contribution in [-0.2, 0) is 21.4 Å². The molecule has 0 saturated heterocycles. The number of furan rings is 1. The number of hydrogen-bond acceptors (Lipinski definition) is 6. The maximum absolute atomic E-state index is 13.6. The number of allylic oxidation sites excluding steroid dienone is 1. The number of nitrogens with one attached hydrogen (secondary N) is 1. The van der Waals surface area contributed by atoms with Crippen molar-refractivity contribution in [3.05, 3.63) is 89.2 Å². The number of halogens is 1. The Morgan fingerprint density at radius 2 is 1.89 bits per heavy atom. The van der Waals surface area contributed by atoms with E-state index in [1.807, 2.05) is 43.3 Å². The zero-order valence-electron chi connectivity index (χ0n) is 21.1. The number of ether oxygens (including phenoxy) is 1. The Balaban J connectivity index is 1.65. The van der Waals surface area contributed by atoms with Crippen LogP contribution in [0.5, 0.6) is 0 Å². The lowest BCUT2D eigenvalue weighted by molar-refractivity contribution is 0.0786. The van der Waals surface area contributed by atoms with Crippen molar-refractivity contribution in [2.45, 2.75) is 19.6 Å². The van der Waals surface area contributed by atoms with Crippen LogP contribution >= 0.6 is 0 Å². The van der Waals surface area contributed by atoms with Crippen LogP contribution in [0.15, 0.2) is 71.2 Å². The van der Waals surface area contributed by atoms with E-state index in [1.165, 1.54) is 35.6 Å². The first-order valence-electron chi connectivity index (χ1n) is 11.9. The van der Waals surface area contributed by atoms with Crippen LogP contribution in [0.25, 0.3) is 28.0 Å². The van der Waals surface area contributed by atoms with Crippen LogP contribution in [-0.4, -0.2) is 45.3 Å². The Labute approximate surface area is 219 Å². The van der Waals surface area contributed by atoms with Crippen molar-refractivity contribution < 1.29 is 26.8 Å². The molecular formula is C28H26FN3O5S. The van der Waals surface area contributed by atoms with Gasteiger partial charge in [-0.15, -0.1) is 0 Å². The Kier molecular flexibility index (Phi) is 6.77. The Morgan fingerprint density at radius 1 is 1.18 bits per heavy atom. The number of benzene rings is 2. The molecule has 1 amide bonds. The molecule has 0 unspecified atom stereocenters. The van der Waals surface area contributed by atoms with Gasteiger partial charge >= 0.3 is 0 Å². The highest BCUT2D eigenvalue weighted by Gasteiger charge is 2.32. The molecule has 3 heterocycles. The molecule has 0 fully saturated rings. The zero-order valence-corrected chi connectivity index (χ0v) is 21.9. The molecule has 1 aliphatic heterocycles. The highest BCUT2D eigenvalue weighted by molar-refractivity contribution is 7.92. The van der Waals surface area contributed by atoms with Crippen molar-refractivity contribution in [2.75, 3.05) is 24.2 Å². The Hall–Kier alpha value is -4.02. The van der Waals surface area contributed by atoms with Gasteiger partial charge in [-0.2, -0.15) is 4.98 Å². The fourth-order valence-corrected chi connectivity index (χ4v) is 5.36. The Bertz CT molecular complexity index is 1650. The van der Waals surface area contributed by atoms with E-state index in [4.69, 9.17) is 9.15 Å². The summed E-state index contributed by atoms with van der Waals surface area (Å²) in [5.74, 6) is -0.444. The van der Waals surface area contributed by atoms with E-state index in [1.54, 1.807) is 6.07 Å². The molecule has 1 aliphatic rings. The van der Waals surface area contributed by atoms with Crippen LogP contribution in [0.2, 0.25) is 0 Å². The largest absolute Gasteiger partial charge is 0.437 e. The third-order valence-electron chi connectivity index (χ3n) is 6.37. The number of anilines is 1. The lowest BCUT2D eigenvalue weighted by Gasteiger charge is -2.24. The summed E-state index contributed by atoms with van der Waals surface area (Å²) in [6, 6.07) is 16.9. The van der Waals surface area contributed by atoms with Crippen molar-refractivity contribution in [1.82, 2.24) is 10.3 Å². The van der Waals surface area contributed by atoms with Crippen LogP contribution in [0.1, 0.15) is 28.4 Å². The number of carbonyl (C=O) groups excluding carboxylic acids is 1. The van der Waals surface area contributed by atoms with E-state index in [9.17, 15) is 17.6 Å². The maximum atomic E-state index is 13.6. The number of carbonyl (C=O) groups is 1. The highest BCUT2D eigenvalue weighted by Crippen LogP contribution is 2.39. The number of amides is 1. The lowest BCUT2D eigenvalue weighted by Crippen LogP contribution is -2.37. The minimum Gasteiger partial charge on any atom is -0.437 e. The van der Waals surface area contributed by atoms with Crippen molar-refractivity contribution in [3.8, 4) is 11.3 Å². The second-order valence-corrected chi connectivity index (χ2v) is 11.0. The van der Waals surface area contributed by atoms with Gasteiger partial charge in [-0.1, -0.05) is 36.4 Å². The van der Waals surface area contributed by atoms with Crippen molar-refractivity contribution in [2.24, 2.45) is 0 Å². The summed E-state index contributed by atoms with van der Waals surface area (Å²) in [5.41, 5.74) is 3.04. The van der Waals surface area contributed by atoms with Crippen LogP contribution in [0.4, 0.5) is 10.2 Å². The van der Waals surface area contributed by atoms with E-state index >= 15 is 0 Å². The smallest absolute Gasteiger partial charge is 0.255 e. The van der Waals surface area contributed by atoms with Gasteiger partial charge in [0, 0.05) is 18.2 Å². The first-order chi connectivity index (χ1) is 18.2. The third kappa shape index (κ3) is 4.92. The molecule has 0 spiro atoms. The third-order valence-corrected chi connectivity index (χ3v) is 7.50. The summed E-state index contributed by atoms with van der Waals surface area (Å²) in [5, 5.41) is 3.02. The highest BCUT2D eigenvalue weighted by atomic mass is 32.2. The van der Waals surface area contributed by atoms with Gasteiger partial charge in [-0.25, -0.2) is 12.8 Å². The summed E-state index contributed by atoms with van der Waals surface area (Å²) in [6.45, 7) is 2.17. The molecule has 1 atom stereocenters. The van der Waals surface area contributed by atoms with Crippen LogP contribution in [0.3, 0.4) is 0 Å². The molecule has 38 heavy (non-hydrogen) atoms. The predicted octanol–water partition coefficient (Wildman–Crippen LogP) is 4.76. The molecule has 4 aromatic rings.